The van der Waals surface area contributed by atoms with Gasteiger partial charge in [0.05, 0.1) is 0 Å². The van der Waals surface area contributed by atoms with Crippen molar-refractivity contribution in [1.29, 1.82) is 0 Å². The van der Waals surface area contributed by atoms with E-state index in [1.807, 2.05) is 0 Å². The van der Waals surface area contributed by atoms with E-state index >= 15 is 0 Å². The van der Waals surface area contributed by atoms with Crippen molar-refractivity contribution in [3.05, 3.63) is 29.8 Å². The molecule has 0 aromatic heterocycles. The molecule has 0 radical (unpaired) electrons. The van der Waals surface area contributed by atoms with Gasteiger partial charge in [0, 0.05) is 23.6 Å². The van der Waals surface area contributed by atoms with Crippen molar-refractivity contribution < 1.29 is 14.4 Å². The molecule has 0 aliphatic heterocycles. The van der Waals surface area contributed by atoms with Crippen molar-refractivity contribution in [1.82, 2.24) is 10.9 Å². The minimum absolute atomic E-state index is 0.0337. The molecule has 3 N–H and O–H groups in total. The third kappa shape index (κ3) is 4.57. The van der Waals surface area contributed by atoms with Gasteiger partial charge in [-0.3, -0.25) is 25.2 Å². The number of hydrogen-bond donors (Lipinski definition) is 3. The molecule has 6 nitrogen and oxygen atoms in total. The largest absolute Gasteiger partial charge is 0.326 e. The molecule has 0 saturated heterocycles. The van der Waals surface area contributed by atoms with E-state index in [1.165, 1.54) is 12.8 Å². The van der Waals surface area contributed by atoms with Crippen molar-refractivity contribution in [3.63, 3.8) is 0 Å². The fraction of sp³-hybridized carbons (Fsp3) is 0.500. The molecular weight excluding hydrogens is 306 g/mol. The lowest BCUT2D eigenvalue weighted by Crippen LogP contribution is -2.42. The maximum Gasteiger partial charge on any atom is 0.269 e. The van der Waals surface area contributed by atoms with Gasteiger partial charge in [0.15, 0.2) is 0 Å². The highest BCUT2D eigenvalue weighted by molar-refractivity contribution is 5.97. The molecule has 2 saturated carbocycles. The van der Waals surface area contributed by atoms with Gasteiger partial charge in [0.1, 0.15) is 0 Å². The average Bonchev–Trinajstić information content (AvgIpc) is 3.32. The fourth-order valence-electron chi connectivity index (χ4n) is 3.02. The SMILES string of the molecule is O=C(CC1CCCC1)NNC(=O)c1ccc(NC(=O)C2CC2)cc1. The Morgan fingerprint density at radius 3 is 2.21 bits per heavy atom. The van der Waals surface area contributed by atoms with Crippen LogP contribution in [-0.2, 0) is 9.59 Å². The number of rotatable bonds is 5. The van der Waals surface area contributed by atoms with Crippen LogP contribution in [0.4, 0.5) is 5.69 Å². The summed E-state index contributed by atoms with van der Waals surface area (Å²) in [7, 11) is 0. The first-order valence-corrected chi connectivity index (χ1v) is 8.62. The van der Waals surface area contributed by atoms with Crippen molar-refractivity contribution in [2.24, 2.45) is 11.8 Å². The topological polar surface area (TPSA) is 87.3 Å². The summed E-state index contributed by atoms with van der Waals surface area (Å²) >= 11 is 0. The van der Waals surface area contributed by atoms with E-state index in [1.54, 1.807) is 24.3 Å². The number of hydrazine groups is 1. The van der Waals surface area contributed by atoms with Crippen LogP contribution in [0.25, 0.3) is 0 Å². The van der Waals surface area contributed by atoms with Gasteiger partial charge in [-0.1, -0.05) is 12.8 Å². The highest BCUT2D eigenvalue weighted by atomic mass is 16.2. The second kappa shape index (κ2) is 7.47. The Morgan fingerprint density at radius 2 is 1.58 bits per heavy atom. The maximum atomic E-state index is 12.0. The molecule has 1 aromatic carbocycles. The van der Waals surface area contributed by atoms with E-state index in [0.717, 1.165) is 25.7 Å². The molecule has 0 bridgehead atoms. The first-order valence-electron chi connectivity index (χ1n) is 8.62. The molecule has 3 rings (SSSR count). The van der Waals surface area contributed by atoms with Crippen LogP contribution in [0.1, 0.15) is 55.3 Å². The summed E-state index contributed by atoms with van der Waals surface area (Å²) in [6, 6.07) is 6.63. The summed E-state index contributed by atoms with van der Waals surface area (Å²) in [5.74, 6) is 0.101. The van der Waals surface area contributed by atoms with Gasteiger partial charge < -0.3 is 5.32 Å². The van der Waals surface area contributed by atoms with Gasteiger partial charge in [-0.15, -0.1) is 0 Å². The quantitative estimate of drug-likeness (QED) is 0.725. The van der Waals surface area contributed by atoms with Crippen LogP contribution in [0.15, 0.2) is 24.3 Å². The molecule has 0 spiro atoms. The van der Waals surface area contributed by atoms with E-state index < -0.39 is 0 Å². The molecule has 2 fully saturated rings. The Balaban J connectivity index is 1.44. The van der Waals surface area contributed by atoms with Crippen LogP contribution in [0.3, 0.4) is 0 Å². The number of hydrogen-bond acceptors (Lipinski definition) is 3. The molecule has 1 aromatic rings. The van der Waals surface area contributed by atoms with E-state index in [-0.39, 0.29) is 23.6 Å². The molecular formula is C18H23N3O3. The zero-order valence-electron chi connectivity index (χ0n) is 13.6. The Kier molecular flexibility index (Phi) is 5.13. The first kappa shape index (κ1) is 16.5. The summed E-state index contributed by atoms with van der Waals surface area (Å²) in [5, 5.41) is 2.82. The summed E-state index contributed by atoms with van der Waals surface area (Å²) in [6.07, 6.45) is 6.93. The van der Waals surface area contributed by atoms with Gasteiger partial charge in [0.25, 0.3) is 5.91 Å². The highest BCUT2D eigenvalue weighted by Gasteiger charge is 2.29. The second-order valence-electron chi connectivity index (χ2n) is 6.70. The van der Waals surface area contributed by atoms with Gasteiger partial charge in [0.2, 0.25) is 11.8 Å². The predicted octanol–water partition coefficient (Wildman–Crippen LogP) is 2.38. The summed E-state index contributed by atoms with van der Waals surface area (Å²) in [5.41, 5.74) is 6.01. The molecule has 128 valence electrons. The van der Waals surface area contributed by atoms with Crippen LogP contribution in [-0.4, -0.2) is 17.7 Å². The summed E-state index contributed by atoms with van der Waals surface area (Å²) < 4.78 is 0. The maximum absolute atomic E-state index is 12.0. The van der Waals surface area contributed by atoms with Gasteiger partial charge in [-0.2, -0.15) is 0 Å². The lowest BCUT2D eigenvalue weighted by Gasteiger charge is -2.11. The molecule has 0 unspecified atom stereocenters. The molecule has 3 amide bonds. The van der Waals surface area contributed by atoms with Crippen molar-refractivity contribution in [3.8, 4) is 0 Å². The van der Waals surface area contributed by atoms with Crippen molar-refractivity contribution in [2.45, 2.75) is 44.9 Å². The van der Waals surface area contributed by atoms with Gasteiger partial charge in [-0.25, -0.2) is 0 Å². The molecule has 2 aliphatic carbocycles. The molecule has 2 aliphatic rings. The molecule has 6 heteroatoms. The Morgan fingerprint density at radius 1 is 0.917 bits per heavy atom. The van der Waals surface area contributed by atoms with E-state index in [4.69, 9.17) is 0 Å². The van der Waals surface area contributed by atoms with E-state index in [0.29, 0.717) is 23.6 Å². The van der Waals surface area contributed by atoms with E-state index in [9.17, 15) is 14.4 Å². The van der Waals surface area contributed by atoms with Crippen LogP contribution in [0, 0.1) is 11.8 Å². The minimum atomic E-state index is -0.366. The van der Waals surface area contributed by atoms with Crippen molar-refractivity contribution in [2.75, 3.05) is 5.32 Å². The second-order valence-corrected chi connectivity index (χ2v) is 6.70. The lowest BCUT2D eigenvalue weighted by molar-refractivity contribution is -0.122. The van der Waals surface area contributed by atoms with Crippen LogP contribution >= 0.6 is 0 Å². The first-order chi connectivity index (χ1) is 11.6. The third-order valence-corrected chi connectivity index (χ3v) is 4.63. The Bertz CT molecular complexity index is 617. The Labute approximate surface area is 141 Å². The lowest BCUT2D eigenvalue weighted by atomic mass is 10.0. The fourth-order valence-corrected chi connectivity index (χ4v) is 3.02. The van der Waals surface area contributed by atoms with Crippen LogP contribution in [0.5, 0.6) is 0 Å². The third-order valence-electron chi connectivity index (χ3n) is 4.63. The summed E-state index contributed by atoms with van der Waals surface area (Å²) in [4.78, 5) is 35.5. The smallest absolute Gasteiger partial charge is 0.269 e. The van der Waals surface area contributed by atoms with Crippen molar-refractivity contribution >= 4 is 23.4 Å². The number of benzene rings is 1. The summed E-state index contributed by atoms with van der Waals surface area (Å²) in [6.45, 7) is 0. The van der Waals surface area contributed by atoms with Crippen LogP contribution < -0.4 is 16.2 Å². The molecule has 24 heavy (non-hydrogen) atoms. The highest BCUT2D eigenvalue weighted by Crippen LogP contribution is 2.30. The van der Waals surface area contributed by atoms with E-state index in [2.05, 4.69) is 16.2 Å². The molecule has 0 heterocycles. The zero-order valence-corrected chi connectivity index (χ0v) is 13.6. The zero-order chi connectivity index (χ0) is 16.9. The number of anilines is 1. The molecule has 0 atom stereocenters. The monoisotopic (exact) mass is 329 g/mol. The normalized spacial score (nSPS) is 17.3. The number of carbonyl (C=O) groups excluding carboxylic acids is 3. The van der Waals surface area contributed by atoms with Gasteiger partial charge >= 0.3 is 0 Å². The predicted molar refractivity (Wildman–Crippen MR) is 90.0 cm³/mol. The number of nitrogens with one attached hydrogen (secondary N) is 3. The number of carbonyl (C=O) groups is 3. The average molecular weight is 329 g/mol. The van der Waals surface area contributed by atoms with Gasteiger partial charge in [-0.05, 0) is 55.9 Å². The minimum Gasteiger partial charge on any atom is -0.326 e. The Hall–Kier alpha value is -2.37. The number of amides is 3. The van der Waals surface area contributed by atoms with Crippen LogP contribution in [0.2, 0.25) is 0 Å². The standard InChI is InChI=1S/C18H23N3O3/c22-16(11-12-3-1-2-4-12)20-21-18(24)14-7-9-15(10-8-14)19-17(23)13-5-6-13/h7-10,12-13H,1-6,11H2,(H,19,23)(H,20,22)(H,21,24).